The molecule has 1 aliphatic rings. The first-order valence-electron chi connectivity index (χ1n) is 8.94. The van der Waals surface area contributed by atoms with Crippen LogP contribution in [0.3, 0.4) is 0 Å². The molecule has 0 saturated carbocycles. The second-order valence-corrected chi connectivity index (χ2v) is 6.71. The highest BCUT2D eigenvalue weighted by Crippen LogP contribution is 2.31. The number of morpholine rings is 1. The number of hydrogen-bond donors (Lipinski definition) is 2. The Morgan fingerprint density at radius 2 is 2.29 bits per heavy atom. The summed E-state index contributed by atoms with van der Waals surface area (Å²) in [6.07, 6.45) is 2.25. The molecule has 3 N–H and O–H groups in total. The number of carbonyl (C=O) groups is 1. The molecule has 0 aromatic carbocycles. The average Bonchev–Trinajstić information content (AvgIpc) is 3.06. The monoisotopic (exact) mass is 383 g/mol. The summed E-state index contributed by atoms with van der Waals surface area (Å²) in [6.45, 7) is 3.17. The largest absolute Gasteiger partial charge is 0.489 e. The third-order valence-electron chi connectivity index (χ3n) is 4.63. The molecule has 4 rings (SSSR count). The number of nitrogens with zero attached hydrogens (tertiary/aromatic N) is 4. The van der Waals surface area contributed by atoms with Crippen molar-refractivity contribution in [2.75, 3.05) is 32.0 Å². The second-order valence-electron chi connectivity index (χ2n) is 6.71. The molecule has 1 saturated heterocycles. The van der Waals surface area contributed by atoms with Gasteiger partial charge >= 0.3 is 6.09 Å². The Hall–Kier alpha value is -3.33. The predicted octanol–water partition coefficient (Wildman–Crippen LogP) is 2.04. The van der Waals surface area contributed by atoms with Crippen LogP contribution in [0.5, 0.6) is 5.75 Å². The fourth-order valence-electron chi connectivity index (χ4n) is 3.25. The van der Waals surface area contributed by atoms with Gasteiger partial charge in [0.2, 0.25) is 0 Å². The van der Waals surface area contributed by atoms with Gasteiger partial charge in [0.15, 0.2) is 0 Å². The third-order valence-corrected chi connectivity index (χ3v) is 4.63. The van der Waals surface area contributed by atoms with Crippen molar-refractivity contribution in [1.82, 2.24) is 19.5 Å². The summed E-state index contributed by atoms with van der Waals surface area (Å²) in [6, 6.07) is 7.67. The van der Waals surface area contributed by atoms with Crippen molar-refractivity contribution in [3.8, 4) is 16.9 Å². The van der Waals surface area contributed by atoms with Gasteiger partial charge in [0.05, 0.1) is 24.9 Å². The molecule has 0 spiro atoms. The number of carboxylic acid groups (broad SMARTS) is 1. The van der Waals surface area contributed by atoms with Gasteiger partial charge in [0.25, 0.3) is 0 Å². The molecule has 3 aromatic rings. The number of pyridine rings is 2. The Balaban J connectivity index is 1.57. The van der Waals surface area contributed by atoms with Crippen LogP contribution in [0.25, 0.3) is 16.6 Å². The highest BCUT2D eigenvalue weighted by molar-refractivity contribution is 5.74. The maximum absolute atomic E-state index is 11.2. The van der Waals surface area contributed by atoms with E-state index in [1.165, 1.54) is 4.90 Å². The molecular formula is C19H21N5O4. The Morgan fingerprint density at radius 3 is 3.11 bits per heavy atom. The lowest BCUT2D eigenvalue weighted by Gasteiger charge is -2.30. The van der Waals surface area contributed by atoms with E-state index in [4.69, 9.17) is 20.3 Å². The number of fused-ring (bicyclic) bond motifs is 1. The summed E-state index contributed by atoms with van der Waals surface area (Å²) < 4.78 is 13.3. The first-order valence-corrected chi connectivity index (χ1v) is 8.94. The van der Waals surface area contributed by atoms with E-state index in [0.29, 0.717) is 24.7 Å². The predicted molar refractivity (Wildman–Crippen MR) is 102 cm³/mol. The van der Waals surface area contributed by atoms with Crippen LogP contribution in [-0.2, 0) is 4.74 Å². The van der Waals surface area contributed by atoms with E-state index in [1.807, 2.05) is 31.3 Å². The molecule has 0 aliphatic carbocycles. The molecule has 9 heteroatoms. The van der Waals surface area contributed by atoms with E-state index in [-0.39, 0.29) is 19.3 Å². The molecule has 1 fully saturated rings. The summed E-state index contributed by atoms with van der Waals surface area (Å²) >= 11 is 0. The van der Waals surface area contributed by atoms with Gasteiger partial charge in [0, 0.05) is 30.1 Å². The number of aryl methyl sites for hydroxylation is 1. The standard InChI is InChI=1S/C19H21N5O4/c1-12-6-16(13-2-3-24-14(7-13)8-18(20)22-24)17(9-21-12)28-11-15-10-23(19(25)26)4-5-27-15/h2-3,6-9,15H,4-5,10-11H2,1H3,(H2,20,22)(H,25,26)/t15-/m0/s1. The highest BCUT2D eigenvalue weighted by atomic mass is 16.5. The minimum atomic E-state index is -0.945. The van der Waals surface area contributed by atoms with Crippen molar-refractivity contribution < 1.29 is 19.4 Å². The van der Waals surface area contributed by atoms with Crippen molar-refractivity contribution in [3.63, 3.8) is 0 Å². The van der Waals surface area contributed by atoms with Crippen LogP contribution in [0.2, 0.25) is 0 Å². The number of hydrogen-bond acceptors (Lipinski definition) is 6. The Bertz CT molecular complexity index is 1020. The van der Waals surface area contributed by atoms with Crippen LogP contribution < -0.4 is 10.5 Å². The van der Waals surface area contributed by atoms with Gasteiger partial charge in [0.1, 0.15) is 24.3 Å². The van der Waals surface area contributed by atoms with Crippen LogP contribution >= 0.6 is 0 Å². The Labute approximate surface area is 161 Å². The molecule has 1 aliphatic heterocycles. The molecule has 0 bridgehead atoms. The smallest absolute Gasteiger partial charge is 0.407 e. The van der Waals surface area contributed by atoms with Gasteiger partial charge < -0.3 is 25.2 Å². The van der Waals surface area contributed by atoms with Gasteiger partial charge in [-0.15, -0.1) is 0 Å². The second kappa shape index (κ2) is 7.35. The fraction of sp³-hybridized carbons (Fsp3) is 0.316. The fourth-order valence-corrected chi connectivity index (χ4v) is 3.25. The van der Waals surface area contributed by atoms with Crippen molar-refractivity contribution in [1.29, 1.82) is 0 Å². The van der Waals surface area contributed by atoms with E-state index in [9.17, 15) is 4.79 Å². The number of nitrogens with two attached hydrogens (primary N) is 1. The number of anilines is 1. The first-order chi connectivity index (χ1) is 13.5. The molecule has 1 amide bonds. The number of nitrogen functional groups attached to an aromatic ring is 1. The number of amides is 1. The summed E-state index contributed by atoms with van der Waals surface area (Å²) in [7, 11) is 0. The normalized spacial score (nSPS) is 17.0. The van der Waals surface area contributed by atoms with Gasteiger partial charge in [-0.1, -0.05) is 0 Å². The van der Waals surface area contributed by atoms with Gasteiger partial charge in [-0.2, -0.15) is 5.10 Å². The minimum absolute atomic E-state index is 0.239. The van der Waals surface area contributed by atoms with E-state index < -0.39 is 6.09 Å². The lowest BCUT2D eigenvalue weighted by atomic mass is 10.1. The van der Waals surface area contributed by atoms with E-state index >= 15 is 0 Å². The zero-order valence-corrected chi connectivity index (χ0v) is 15.4. The van der Waals surface area contributed by atoms with Crippen LogP contribution in [-0.4, -0.2) is 63.1 Å². The molecule has 28 heavy (non-hydrogen) atoms. The van der Waals surface area contributed by atoms with Crippen molar-refractivity contribution in [2.45, 2.75) is 13.0 Å². The minimum Gasteiger partial charge on any atom is -0.489 e. The lowest BCUT2D eigenvalue weighted by Crippen LogP contribution is -2.47. The van der Waals surface area contributed by atoms with Crippen molar-refractivity contribution in [3.05, 3.63) is 42.4 Å². The molecule has 1 atom stereocenters. The van der Waals surface area contributed by atoms with Gasteiger partial charge in [-0.25, -0.2) is 9.31 Å². The Kier molecular flexibility index (Phi) is 4.74. The average molecular weight is 383 g/mol. The van der Waals surface area contributed by atoms with E-state index in [1.54, 1.807) is 16.8 Å². The topological polar surface area (TPSA) is 115 Å². The SMILES string of the molecule is Cc1cc(-c2ccn3nc(N)cc3c2)c(OC[C@@H]2CN(C(=O)O)CCO2)cn1. The molecule has 0 unspecified atom stereocenters. The van der Waals surface area contributed by atoms with Crippen molar-refractivity contribution in [2.24, 2.45) is 0 Å². The zero-order chi connectivity index (χ0) is 19.7. The number of ether oxygens (including phenoxy) is 2. The van der Waals surface area contributed by atoms with Crippen LogP contribution in [0.4, 0.5) is 10.6 Å². The Morgan fingerprint density at radius 1 is 1.43 bits per heavy atom. The highest BCUT2D eigenvalue weighted by Gasteiger charge is 2.24. The number of rotatable bonds is 4. The summed E-state index contributed by atoms with van der Waals surface area (Å²) in [5.74, 6) is 1.07. The molecule has 4 heterocycles. The maximum Gasteiger partial charge on any atom is 0.407 e. The van der Waals surface area contributed by atoms with Crippen LogP contribution in [0.15, 0.2) is 36.7 Å². The molecular weight excluding hydrogens is 362 g/mol. The molecule has 146 valence electrons. The van der Waals surface area contributed by atoms with Crippen LogP contribution in [0, 0.1) is 6.92 Å². The summed E-state index contributed by atoms with van der Waals surface area (Å²) in [4.78, 5) is 16.8. The number of aromatic nitrogens is 3. The van der Waals surface area contributed by atoms with E-state index in [0.717, 1.165) is 22.3 Å². The third kappa shape index (κ3) is 3.70. The van der Waals surface area contributed by atoms with E-state index in [2.05, 4.69) is 10.1 Å². The molecule has 3 aromatic heterocycles. The van der Waals surface area contributed by atoms with Crippen LogP contribution in [0.1, 0.15) is 5.69 Å². The molecule has 0 radical (unpaired) electrons. The lowest BCUT2D eigenvalue weighted by molar-refractivity contribution is -0.0411. The molecule has 9 nitrogen and oxygen atoms in total. The van der Waals surface area contributed by atoms with Gasteiger partial charge in [-0.3, -0.25) is 4.98 Å². The van der Waals surface area contributed by atoms with Crippen molar-refractivity contribution >= 4 is 17.4 Å². The summed E-state index contributed by atoms with van der Waals surface area (Å²) in [5, 5.41) is 13.3. The van der Waals surface area contributed by atoms with Gasteiger partial charge in [-0.05, 0) is 30.7 Å². The first kappa shape index (κ1) is 18.1. The maximum atomic E-state index is 11.2. The summed E-state index contributed by atoms with van der Waals surface area (Å²) in [5.41, 5.74) is 9.35. The quantitative estimate of drug-likeness (QED) is 0.708. The zero-order valence-electron chi connectivity index (χ0n) is 15.4.